The van der Waals surface area contributed by atoms with Gasteiger partial charge in [-0.25, -0.2) is 4.98 Å². The zero-order valence-corrected chi connectivity index (χ0v) is 12.6. The molecule has 1 heterocycles. The minimum absolute atomic E-state index is 0.0939. The van der Waals surface area contributed by atoms with Crippen LogP contribution in [0.5, 0.6) is 0 Å². The number of amides is 2. The number of nitrogens with one attached hydrogen (secondary N) is 2. The van der Waals surface area contributed by atoms with E-state index in [1.807, 2.05) is 0 Å². The standard InChI is InChI=1S/C13H8Cl3N3O2/c14-8-4-2-1-3-7(8)12(20)18-19-13(21)11-9(15)5-6-10(16)17-11/h1-6H,(H,18,20)(H,19,21). The molecule has 0 bridgehead atoms. The van der Waals surface area contributed by atoms with E-state index >= 15 is 0 Å². The molecule has 1 aromatic heterocycles. The van der Waals surface area contributed by atoms with Crippen molar-refractivity contribution >= 4 is 46.6 Å². The van der Waals surface area contributed by atoms with Crippen molar-refractivity contribution in [2.45, 2.75) is 0 Å². The molecule has 0 aliphatic heterocycles. The summed E-state index contributed by atoms with van der Waals surface area (Å²) in [5.41, 5.74) is 4.54. The molecule has 0 radical (unpaired) electrons. The Morgan fingerprint density at radius 1 is 0.857 bits per heavy atom. The lowest BCUT2D eigenvalue weighted by Crippen LogP contribution is -2.42. The smallest absolute Gasteiger partial charge is 0.267 e. The Labute approximate surface area is 135 Å². The van der Waals surface area contributed by atoms with E-state index in [-0.39, 0.29) is 26.5 Å². The average Bonchev–Trinajstić information content (AvgIpc) is 2.47. The van der Waals surface area contributed by atoms with Crippen molar-refractivity contribution in [1.82, 2.24) is 15.8 Å². The first-order valence-corrected chi connectivity index (χ1v) is 6.79. The third-order valence-corrected chi connectivity index (χ3v) is 3.28. The molecular formula is C13H8Cl3N3O2. The molecule has 8 heteroatoms. The monoisotopic (exact) mass is 343 g/mol. The molecule has 0 unspecified atom stereocenters. The number of nitrogens with zero attached hydrogens (tertiary/aromatic N) is 1. The van der Waals surface area contributed by atoms with E-state index in [4.69, 9.17) is 34.8 Å². The highest BCUT2D eigenvalue weighted by Crippen LogP contribution is 2.17. The molecule has 2 N–H and O–H groups in total. The molecule has 2 rings (SSSR count). The molecule has 0 atom stereocenters. The van der Waals surface area contributed by atoms with Crippen LogP contribution in [0.25, 0.3) is 0 Å². The zero-order valence-electron chi connectivity index (χ0n) is 10.4. The van der Waals surface area contributed by atoms with Gasteiger partial charge in [-0.15, -0.1) is 0 Å². The number of hydrogen-bond donors (Lipinski definition) is 2. The number of rotatable bonds is 2. The van der Waals surface area contributed by atoms with Crippen molar-refractivity contribution in [1.29, 1.82) is 0 Å². The number of hydrazine groups is 1. The Morgan fingerprint density at radius 2 is 1.52 bits per heavy atom. The van der Waals surface area contributed by atoms with Gasteiger partial charge >= 0.3 is 0 Å². The van der Waals surface area contributed by atoms with E-state index in [9.17, 15) is 9.59 Å². The summed E-state index contributed by atoms with van der Waals surface area (Å²) >= 11 is 17.4. The summed E-state index contributed by atoms with van der Waals surface area (Å²) in [5, 5.41) is 0.494. The molecule has 21 heavy (non-hydrogen) atoms. The normalized spacial score (nSPS) is 10.0. The fourth-order valence-corrected chi connectivity index (χ4v) is 2.02. The molecule has 2 aromatic rings. The van der Waals surface area contributed by atoms with Gasteiger partial charge < -0.3 is 0 Å². The fraction of sp³-hybridized carbons (Fsp3) is 0. The largest absolute Gasteiger partial charge is 0.289 e. The predicted molar refractivity (Wildman–Crippen MR) is 80.6 cm³/mol. The molecule has 2 amide bonds. The van der Waals surface area contributed by atoms with Crippen LogP contribution < -0.4 is 10.9 Å². The number of carbonyl (C=O) groups excluding carboxylic acids is 2. The highest BCUT2D eigenvalue weighted by atomic mass is 35.5. The summed E-state index contributed by atoms with van der Waals surface area (Å²) in [4.78, 5) is 27.5. The van der Waals surface area contributed by atoms with Crippen molar-refractivity contribution in [3.05, 3.63) is 62.9 Å². The van der Waals surface area contributed by atoms with Crippen LogP contribution in [0.1, 0.15) is 20.8 Å². The van der Waals surface area contributed by atoms with Crippen molar-refractivity contribution in [3.63, 3.8) is 0 Å². The van der Waals surface area contributed by atoms with Gasteiger partial charge in [0.05, 0.1) is 15.6 Å². The first kappa shape index (κ1) is 15.6. The van der Waals surface area contributed by atoms with Crippen LogP contribution in [0.2, 0.25) is 15.2 Å². The molecule has 0 aliphatic rings. The maximum Gasteiger partial charge on any atom is 0.289 e. The van der Waals surface area contributed by atoms with Gasteiger partial charge in [-0.05, 0) is 24.3 Å². The zero-order chi connectivity index (χ0) is 15.4. The number of aromatic nitrogens is 1. The molecule has 1 aromatic carbocycles. The summed E-state index contributed by atoms with van der Waals surface area (Å²) in [7, 11) is 0. The van der Waals surface area contributed by atoms with Gasteiger partial charge in [-0.3, -0.25) is 20.4 Å². The molecule has 108 valence electrons. The SMILES string of the molecule is O=C(NNC(=O)c1nc(Cl)ccc1Cl)c1ccccc1Cl. The van der Waals surface area contributed by atoms with E-state index < -0.39 is 11.8 Å². The van der Waals surface area contributed by atoms with Crippen LogP contribution in [-0.4, -0.2) is 16.8 Å². The second kappa shape index (κ2) is 6.76. The molecular weight excluding hydrogens is 337 g/mol. The highest BCUT2D eigenvalue weighted by Gasteiger charge is 2.15. The van der Waals surface area contributed by atoms with Gasteiger partial charge in [0.15, 0.2) is 0 Å². The first-order chi connectivity index (χ1) is 9.99. The summed E-state index contributed by atoms with van der Waals surface area (Å²) in [5.74, 6) is -1.25. The number of hydrogen-bond acceptors (Lipinski definition) is 3. The van der Waals surface area contributed by atoms with Crippen molar-refractivity contribution < 1.29 is 9.59 Å². The van der Waals surface area contributed by atoms with Crippen molar-refractivity contribution in [3.8, 4) is 0 Å². The van der Waals surface area contributed by atoms with Gasteiger partial charge in [-0.2, -0.15) is 0 Å². The fourth-order valence-electron chi connectivity index (χ4n) is 1.46. The van der Waals surface area contributed by atoms with Crippen LogP contribution in [0.15, 0.2) is 36.4 Å². The lowest BCUT2D eigenvalue weighted by molar-refractivity contribution is 0.0844. The van der Waals surface area contributed by atoms with Gasteiger partial charge in [-0.1, -0.05) is 46.9 Å². The predicted octanol–water partition coefficient (Wildman–Crippen LogP) is 3.12. The van der Waals surface area contributed by atoms with E-state index in [1.165, 1.54) is 18.2 Å². The minimum atomic E-state index is -0.692. The Bertz CT molecular complexity index is 707. The Morgan fingerprint density at radius 3 is 2.24 bits per heavy atom. The lowest BCUT2D eigenvalue weighted by atomic mass is 10.2. The number of halogens is 3. The maximum absolute atomic E-state index is 11.9. The highest BCUT2D eigenvalue weighted by molar-refractivity contribution is 6.35. The molecule has 0 spiro atoms. The van der Waals surface area contributed by atoms with Crippen LogP contribution in [0, 0.1) is 0 Å². The summed E-state index contributed by atoms with van der Waals surface area (Å²) < 4.78 is 0. The molecule has 0 fully saturated rings. The second-order valence-corrected chi connectivity index (χ2v) is 5.05. The molecule has 0 saturated heterocycles. The third-order valence-electron chi connectivity index (χ3n) is 2.44. The van der Waals surface area contributed by atoms with Crippen molar-refractivity contribution in [2.75, 3.05) is 0 Å². The van der Waals surface area contributed by atoms with E-state index in [1.54, 1.807) is 18.2 Å². The van der Waals surface area contributed by atoms with E-state index in [0.717, 1.165) is 0 Å². The van der Waals surface area contributed by atoms with Gasteiger partial charge in [0, 0.05) is 0 Å². The van der Waals surface area contributed by atoms with Gasteiger partial charge in [0.25, 0.3) is 11.8 Å². The number of carbonyl (C=O) groups is 2. The van der Waals surface area contributed by atoms with Gasteiger partial charge in [0.1, 0.15) is 10.8 Å². The Kier molecular flexibility index (Phi) is 5.01. The topological polar surface area (TPSA) is 71.1 Å². The lowest BCUT2D eigenvalue weighted by Gasteiger charge is -2.09. The third kappa shape index (κ3) is 3.85. The minimum Gasteiger partial charge on any atom is -0.267 e. The first-order valence-electron chi connectivity index (χ1n) is 5.66. The summed E-state index contributed by atoms with van der Waals surface area (Å²) in [6.45, 7) is 0. The van der Waals surface area contributed by atoms with Crippen LogP contribution in [-0.2, 0) is 0 Å². The van der Waals surface area contributed by atoms with E-state index in [0.29, 0.717) is 0 Å². The molecule has 5 nitrogen and oxygen atoms in total. The summed E-state index contributed by atoms with van der Waals surface area (Å²) in [6.07, 6.45) is 0. The summed E-state index contributed by atoms with van der Waals surface area (Å²) in [6, 6.07) is 9.30. The number of pyridine rings is 1. The molecule has 0 saturated carbocycles. The van der Waals surface area contributed by atoms with Crippen molar-refractivity contribution in [2.24, 2.45) is 0 Å². The van der Waals surface area contributed by atoms with Crippen LogP contribution in [0.3, 0.4) is 0 Å². The number of benzene rings is 1. The molecule has 0 aliphatic carbocycles. The second-order valence-electron chi connectivity index (χ2n) is 3.85. The van der Waals surface area contributed by atoms with E-state index in [2.05, 4.69) is 15.8 Å². The average molecular weight is 345 g/mol. The Hall–Kier alpha value is -1.82. The van der Waals surface area contributed by atoms with Gasteiger partial charge in [0.2, 0.25) is 0 Å². The quantitative estimate of drug-likeness (QED) is 0.649. The van der Waals surface area contributed by atoms with Crippen LogP contribution in [0.4, 0.5) is 0 Å². The van der Waals surface area contributed by atoms with Crippen LogP contribution >= 0.6 is 34.8 Å². The maximum atomic E-state index is 11.9. The Balaban J connectivity index is 2.06.